The van der Waals surface area contributed by atoms with Gasteiger partial charge in [0.05, 0.1) is 18.8 Å². The number of benzene rings is 1. The number of amides is 2. The van der Waals surface area contributed by atoms with Crippen LogP contribution in [0.5, 0.6) is 0 Å². The number of carbonyl (C=O) groups is 1. The number of hydrogen-bond donors (Lipinski definition) is 2. The largest absolute Gasteiger partial charge is 0.408 e. The Kier molecular flexibility index (Phi) is 6.54. The number of fused-ring (bicyclic) bond motifs is 3. The molecule has 2 saturated heterocycles. The first-order valence-corrected chi connectivity index (χ1v) is 12.2. The molecule has 12 heteroatoms. The third kappa shape index (κ3) is 4.86. The van der Waals surface area contributed by atoms with Crippen LogP contribution in [0.3, 0.4) is 0 Å². The summed E-state index contributed by atoms with van der Waals surface area (Å²) in [6.07, 6.45) is -3.45. The first-order valence-electron chi connectivity index (χ1n) is 12.2. The lowest BCUT2D eigenvalue weighted by Crippen LogP contribution is -2.53. The zero-order chi connectivity index (χ0) is 25.4. The van der Waals surface area contributed by atoms with Gasteiger partial charge in [-0.25, -0.2) is 4.79 Å². The van der Waals surface area contributed by atoms with Crippen LogP contribution >= 0.6 is 0 Å². The number of ether oxygens (including phenoxy) is 1. The van der Waals surface area contributed by atoms with Crippen LogP contribution in [0.1, 0.15) is 25.3 Å². The molecule has 3 aliphatic rings. The number of alkyl halides is 3. The Balaban J connectivity index is 1.38. The van der Waals surface area contributed by atoms with Crippen LogP contribution in [0.15, 0.2) is 35.1 Å². The lowest BCUT2D eigenvalue weighted by atomic mass is 10.1. The van der Waals surface area contributed by atoms with E-state index in [9.17, 15) is 22.8 Å². The van der Waals surface area contributed by atoms with Gasteiger partial charge in [-0.1, -0.05) is 12.1 Å². The molecule has 0 radical (unpaired) electrons. The maximum Gasteiger partial charge on any atom is 0.408 e. The molecule has 0 aliphatic carbocycles. The molecular weight excluding hydrogens is 477 g/mol. The summed E-state index contributed by atoms with van der Waals surface area (Å²) >= 11 is 0. The van der Waals surface area contributed by atoms with Crippen molar-refractivity contribution in [3.8, 4) is 0 Å². The zero-order valence-corrected chi connectivity index (χ0v) is 19.9. The molecule has 2 amide bonds. The third-order valence-electron chi connectivity index (χ3n) is 7.00. The van der Waals surface area contributed by atoms with Crippen molar-refractivity contribution < 1.29 is 22.7 Å². The van der Waals surface area contributed by atoms with E-state index in [0.717, 1.165) is 12.0 Å². The molecule has 0 spiro atoms. The van der Waals surface area contributed by atoms with E-state index in [-0.39, 0.29) is 49.2 Å². The van der Waals surface area contributed by atoms with Crippen molar-refractivity contribution in [2.75, 3.05) is 41.4 Å². The second kappa shape index (κ2) is 9.64. The molecule has 0 unspecified atom stereocenters. The maximum atomic E-state index is 14.0. The first-order chi connectivity index (χ1) is 17.2. The third-order valence-corrected chi connectivity index (χ3v) is 7.00. The summed E-state index contributed by atoms with van der Waals surface area (Å²) < 4.78 is 49.1. The van der Waals surface area contributed by atoms with Gasteiger partial charge in [0.25, 0.3) is 5.56 Å². The normalized spacial score (nSPS) is 23.1. The monoisotopic (exact) mass is 506 g/mol. The molecule has 36 heavy (non-hydrogen) atoms. The van der Waals surface area contributed by atoms with Crippen LogP contribution in [-0.2, 0) is 17.7 Å². The predicted octanol–water partition coefficient (Wildman–Crippen LogP) is 2.75. The standard InChI is InChI=1S/C24H29F3N6O3/c1-2-28-22(35)29-16-5-3-15(4-6-16)7-9-31-19(24(25,26)27)8-10-32-21(34)12-20(30-23(31)32)33-13-18-11-17(33)14-36-18/h3-6,12,17-19H,2,7-11,13-14H2,1H3,(H2,28,29,35)/t17-,18-,19-/m0/s1. The first kappa shape index (κ1) is 24.4. The number of urea groups is 1. The molecule has 194 valence electrons. The summed E-state index contributed by atoms with van der Waals surface area (Å²) in [6, 6.07) is 6.43. The second-order valence-electron chi connectivity index (χ2n) is 9.37. The van der Waals surface area contributed by atoms with Crippen LogP contribution in [0.2, 0.25) is 0 Å². The van der Waals surface area contributed by atoms with Crippen molar-refractivity contribution >= 4 is 23.5 Å². The van der Waals surface area contributed by atoms with E-state index < -0.39 is 12.2 Å². The molecule has 0 saturated carbocycles. The minimum atomic E-state index is -4.46. The fourth-order valence-electron chi connectivity index (χ4n) is 5.22. The summed E-state index contributed by atoms with van der Waals surface area (Å²) in [7, 11) is 0. The number of aromatic nitrogens is 2. The van der Waals surface area contributed by atoms with E-state index in [0.29, 0.717) is 37.6 Å². The highest BCUT2D eigenvalue weighted by Gasteiger charge is 2.47. The number of morpholine rings is 1. The van der Waals surface area contributed by atoms with E-state index in [2.05, 4.69) is 15.6 Å². The SMILES string of the molecule is CCNC(=O)Nc1ccc(CCN2c3nc(N4C[C@@H]5C[C@H]4CO5)cc(=O)n3CC[C@H]2C(F)(F)F)cc1. The van der Waals surface area contributed by atoms with Crippen LogP contribution < -0.4 is 26.0 Å². The number of rotatable bonds is 6. The highest BCUT2D eigenvalue weighted by Crippen LogP contribution is 2.36. The quantitative estimate of drug-likeness (QED) is 0.626. The van der Waals surface area contributed by atoms with E-state index in [1.54, 1.807) is 24.3 Å². The Morgan fingerprint density at radius 1 is 1.25 bits per heavy atom. The number of carbonyl (C=O) groups excluding carboxylic acids is 1. The molecule has 1 aromatic carbocycles. The van der Waals surface area contributed by atoms with Crippen molar-refractivity contribution in [1.82, 2.24) is 14.9 Å². The molecule has 2 fully saturated rings. The Morgan fingerprint density at radius 3 is 2.67 bits per heavy atom. The van der Waals surface area contributed by atoms with E-state index in [4.69, 9.17) is 4.74 Å². The Hall–Kier alpha value is -3.28. The van der Waals surface area contributed by atoms with Crippen LogP contribution in [0.25, 0.3) is 0 Å². The van der Waals surface area contributed by atoms with Crippen molar-refractivity contribution in [3.63, 3.8) is 0 Å². The number of halogens is 3. The Labute approximate surface area is 206 Å². The summed E-state index contributed by atoms with van der Waals surface area (Å²) in [4.78, 5) is 32.4. The second-order valence-corrected chi connectivity index (χ2v) is 9.37. The van der Waals surface area contributed by atoms with Gasteiger partial charge in [-0.2, -0.15) is 18.2 Å². The fourth-order valence-corrected chi connectivity index (χ4v) is 5.22. The fraction of sp³-hybridized carbons (Fsp3) is 0.542. The minimum Gasteiger partial charge on any atom is -0.374 e. The van der Waals surface area contributed by atoms with Crippen LogP contribution in [0, 0.1) is 0 Å². The topological polar surface area (TPSA) is 91.7 Å². The lowest BCUT2D eigenvalue weighted by Gasteiger charge is -2.39. The number of nitrogens with one attached hydrogen (secondary N) is 2. The average Bonchev–Trinajstić information content (AvgIpc) is 3.47. The number of hydrogen-bond acceptors (Lipinski definition) is 6. The van der Waals surface area contributed by atoms with Crippen LogP contribution in [-0.4, -0.2) is 66.2 Å². The summed E-state index contributed by atoms with van der Waals surface area (Å²) in [5.41, 5.74) is 1.05. The van der Waals surface area contributed by atoms with Gasteiger partial charge in [0.1, 0.15) is 11.9 Å². The van der Waals surface area contributed by atoms with Gasteiger partial charge in [0, 0.05) is 37.9 Å². The Bertz CT molecular complexity index is 1170. The van der Waals surface area contributed by atoms with E-state index in [1.165, 1.54) is 15.5 Å². The highest BCUT2D eigenvalue weighted by molar-refractivity contribution is 5.89. The van der Waals surface area contributed by atoms with Crippen molar-refractivity contribution in [3.05, 3.63) is 46.2 Å². The molecule has 2 N–H and O–H groups in total. The summed E-state index contributed by atoms with van der Waals surface area (Å²) in [5.74, 6) is 0.472. The van der Waals surface area contributed by atoms with Gasteiger partial charge in [0.15, 0.2) is 0 Å². The van der Waals surface area contributed by atoms with Gasteiger partial charge in [-0.05, 0) is 43.9 Å². The number of anilines is 3. The summed E-state index contributed by atoms with van der Waals surface area (Å²) in [6.45, 7) is 3.43. The smallest absolute Gasteiger partial charge is 0.374 e. The number of nitrogens with zero attached hydrogens (tertiary/aromatic N) is 4. The molecule has 9 nitrogen and oxygen atoms in total. The summed E-state index contributed by atoms with van der Waals surface area (Å²) in [5, 5.41) is 5.33. The van der Waals surface area contributed by atoms with Gasteiger partial charge < -0.3 is 25.2 Å². The predicted molar refractivity (Wildman–Crippen MR) is 129 cm³/mol. The van der Waals surface area contributed by atoms with Gasteiger partial charge in [-0.3, -0.25) is 9.36 Å². The van der Waals surface area contributed by atoms with Crippen molar-refractivity contribution in [2.24, 2.45) is 0 Å². The maximum absolute atomic E-state index is 14.0. The van der Waals surface area contributed by atoms with Gasteiger partial charge in [0.2, 0.25) is 5.95 Å². The lowest BCUT2D eigenvalue weighted by molar-refractivity contribution is -0.152. The van der Waals surface area contributed by atoms with E-state index >= 15 is 0 Å². The minimum absolute atomic E-state index is 0.0303. The van der Waals surface area contributed by atoms with E-state index in [1.807, 2.05) is 11.8 Å². The molecule has 5 rings (SSSR count). The Morgan fingerprint density at radius 2 is 2.03 bits per heavy atom. The molecule has 2 bridgehead atoms. The zero-order valence-electron chi connectivity index (χ0n) is 19.9. The molecule has 3 aliphatic heterocycles. The molecule has 3 atom stereocenters. The molecule has 4 heterocycles. The molecule has 1 aromatic heterocycles. The molecular formula is C24H29F3N6O3. The van der Waals surface area contributed by atoms with Gasteiger partial charge >= 0.3 is 12.2 Å². The van der Waals surface area contributed by atoms with Crippen molar-refractivity contribution in [1.29, 1.82) is 0 Å². The van der Waals surface area contributed by atoms with Gasteiger partial charge in [-0.15, -0.1) is 0 Å². The van der Waals surface area contributed by atoms with Crippen molar-refractivity contribution in [2.45, 2.75) is 57.1 Å². The molecule has 2 aromatic rings. The highest BCUT2D eigenvalue weighted by atomic mass is 19.4. The average molecular weight is 507 g/mol. The van der Waals surface area contributed by atoms with Crippen LogP contribution in [0.4, 0.5) is 35.4 Å².